The molecular formula is C20H20Cl2N2O3S. The lowest BCUT2D eigenvalue weighted by Gasteiger charge is -2.25. The Morgan fingerprint density at radius 3 is 2.71 bits per heavy atom. The van der Waals surface area contributed by atoms with Crippen LogP contribution < -0.4 is 4.90 Å². The summed E-state index contributed by atoms with van der Waals surface area (Å²) in [5.41, 5.74) is 1.55. The van der Waals surface area contributed by atoms with Crippen LogP contribution in [0.4, 0.5) is 5.69 Å². The van der Waals surface area contributed by atoms with Crippen molar-refractivity contribution in [1.82, 2.24) is 4.98 Å². The third kappa shape index (κ3) is 3.49. The van der Waals surface area contributed by atoms with Gasteiger partial charge in [-0.25, -0.2) is 8.42 Å². The van der Waals surface area contributed by atoms with Crippen molar-refractivity contribution in [1.29, 1.82) is 0 Å². The Kier molecular flexibility index (Phi) is 5.06. The number of anilines is 1. The number of aromatic nitrogens is 1. The molecule has 148 valence electrons. The molecule has 0 radical (unpaired) electrons. The zero-order valence-corrected chi connectivity index (χ0v) is 17.7. The lowest BCUT2D eigenvalue weighted by molar-refractivity contribution is 0.508. The fourth-order valence-corrected chi connectivity index (χ4v) is 6.05. The number of aliphatic hydroxyl groups excluding tert-OH is 1. The maximum atomic E-state index is 12.9. The summed E-state index contributed by atoms with van der Waals surface area (Å²) in [6.07, 6.45) is 5.06. The molecule has 0 amide bonds. The van der Waals surface area contributed by atoms with Gasteiger partial charge >= 0.3 is 0 Å². The number of pyridine rings is 1. The maximum Gasteiger partial charge on any atom is 0.186 e. The topological polar surface area (TPSA) is 70.5 Å². The molecule has 8 heteroatoms. The summed E-state index contributed by atoms with van der Waals surface area (Å²) >= 11 is 13.0. The van der Waals surface area contributed by atoms with Crippen molar-refractivity contribution in [3.8, 4) is 0 Å². The average molecular weight is 439 g/mol. The van der Waals surface area contributed by atoms with E-state index in [9.17, 15) is 13.5 Å². The molecule has 0 atom stereocenters. The van der Waals surface area contributed by atoms with Gasteiger partial charge < -0.3 is 10.0 Å². The second kappa shape index (κ2) is 7.25. The van der Waals surface area contributed by atoms with Crippen molar-refractivity contribution < 1.29 is 13.5 Å². The fourth-order valence-electron chi connectivity index (χ4n) is 3.56. The van der Waals surface area contributed by atoms with E-state index in [-0.39, 0.29) is 32.7 Å². The van der Waals surface area contributed by atoms with E-state index >= 15 is 0 Å². The Balaban J connectivity index is 1.83. The first kappa shape index (κ1) is 19.6. The molecule has 28 heavy (non-hydrogen) atoms. The molecule has 0 spiro atoms. The van der Waals surface area contributed by atoms with Crippen LogP contribution >= 0.6 is 23.2 Å². The summed E-state index contributed by atoms with van der Waals surface area (Å²) in [5, 5.41) is 11.4. The van der Waals surface area contributed by atoms with Gasteiger partial charge in [-0.3, -0.25) is 4.98 Å². The van der Waals surface area contributed by atoms with Gasteiger partial charge in [-0.1, -0.05) is 48.2 Å². The number of fused-ring (bicyclic) bond motifs is 1. The van der Waals surface area contributed by atoms with Crippen LogP contribution in [0.3, 0.4) is 0 Å². The van der Waals surface area contributed by atoms with Gasteiger partial charge in [0.15, 0.2) is 15.6 Å². The van der Waals surface area contributed by atoms with Gasteiger partial charge in [-0.05, 0) is 30.0 Å². The standard InChI is InChI=1S/C20H20Cl2N2O3S/c1-24(10-8-12-4-5-12)18-15(21)7-6-14(16(18)22)20-19(25)17-13(3-2-9-23-17)11-28(20,26)27/h2-3,6-7,9,12,25H,4-5,8,10-11H2,1H3. The molecule has 1 aliphatic carbocycles. The number of aliphatic hydroxyl groups is 1. The lowest BCUT2D eigenvalue weighted by Crippen LogP contribution is -2.21. The highest BCUT2D eigenvalue weighted by Crippen LogP contribution is 2.45. The van der Waals surface area contributed by atoms with Crippen molar-refractivity contribution in [2.24, 2.45) is 5.92 Å². The summed E-state index contributed by atoms with van der Waals surface area (Å²) in [4.78, 5) is 5.90. The van der Waals surface area contributed by atoms with Crippen molar-refractivity contribution in [2.45, 2.75) is 25.0 Å². The quantitative estimate of drug-likeness (QED) is 0.715. The maximum absolute atomic E-state index is 12.9. The van der Waals surface area contributed by atoms with Crippen LogP contribution in [-0.2, 0) is 15.6 Å². The van der Waals surface area contributed by atoms with E-state index in [1.807, 2.05) is 11.9 Å². The zero-order chi connectivity index (χ0) is 20.1. The first-order chi connectivity index (χ1) is 13.3. The van der Waals surface area contributed by atoms with Crippen LogP contribution in [-0.4, -0.2) is 32.1 Å². The third-order valence-electron chi connectivity index (χ3n) is 5.25. The monoisotopic (exact) mass is 438 g/mol. The van der Waals surface area contributed by atoms with E-state index in [4.69, 9.17) is 23.2 Å². The molecule has 1 aromatic heterocycles. The van der Waals surface area contributed by atoms with Crippen LogP contribution in [0.5, 0.6) is 0 Å². The minimum atomic E-state index is -3.79. The summed E-state index contributed by atoms with van der Waals surface area (Å²) < 4.78 is 25.9. The van der Waals surface area contributed by atoms with Crippen molar-refractivity contribution in [3.05, 3.63) is 57.3 Å². The first-order valence-electron chi connectivity index (χ1n) is 9.09. The van der Waals surface area contributed by atoms with Gasteiger partial charge in [0.05, 0.1) is 21.5 Å². The summed E-state index contributed by atoms with van der Waals surface area (Å²) in [6.45, 7) is 0.774. The number of nitrogens with zero attached hydrogens (tertiary/aromatic N) is 2. The summed E-state index contributed by atoms with van der Waals surface area (Å²) in [7, 11) is -1.90. The molecular weight excluding hydrogens is 419 g/mol. The Morgan fingerprint density at radius 1 is 1.25 bits per heavy atom. The van der Waals surface area contributed by atoms with Gasteiger partial charge in [0.2, 0.25) is 0 Å². The zero-order valence-electron chi connectivity index (χ0n) is 15.3. The molecule has 0 unspecified atom stereocenters. The molecule has 5 nitrogen and oxygen atoms in total. The Morgan fingerprint density at radius 2 is 2.00 bits per heavy atom. The molecule has 0 saturated heterocycles. The number of hydrogen-bond donors (Lipinski definition) is 1. The normalized spacial score (nSPS) is 18.1. The summed E-state index contributed by atoms with van der Waals surface area (Å²) in [6, 6.07) is 6.46. The Hall–Kier alpha value is -1.76. The van der Waals surface area contributed by atoms with Crippen LogP contribution in [0.2, 0.25) is 10.0 Å². The lowest BCUT2D eigenvalue weighted by atomic mass is 10.1. The highest BCUT2D eigenvalue weighted by Gasteiger charge is 2.35. The van der Waals surface area contributed by atoms with E-state index in [1.165, 1.54) is 19.0 Å². The van der Waals surface area contributed by atoms with Crippen molar-refractivity contribution in [2.75, 3.05) is 18.5 Å². The van der Waals surface area contributed by atoms with E-state index in [0.29, 0.717) is 16.3 Å². The predicted octanol–water partition coefficient (Wildman–Crippen LogP) is 4.94. The molecule has 1 fully saturated rings. The Labute approximate surface area is 174 Å². The summed E-state index contributed by atoms with van der Waals surface area (Å²) in [5.74, 6) is 0.135. The number of rotatable bonds is 5. The van der Waals surface area contributed by atoms with Gasteiger partial charge in [0.1, 0.15) is 10.6 Å². The smallest absolute Gasteiger partial charge is 0.186 e. The minimum Gasteiger partial charge on any atom is -0.504 e. The molecule has 2 heterocycles. The number of hydrogen-bond acceptors (Lipinski definition) is 5. The molecule has 1 aromatic carbocycles. The average Bonchev–Trinajstić information content (AvgIpc) is 3.46. The molecule has 4 rings (SSSR count). The minimum absolute atomic E-state index is 0.197. The predicted molar refractivity (Wildman–Crippen MR) is 113 cm³/mol. The van der Waals surface area contributed by atoms with E-state index < -0.39 is 9.84 Å². The first-order valence-corrected chi connectivity index (χ1v) is 11.5. The van der Waals surface area contributed by atoms with Gasteiger partial charge in [0.25, 0.3) is 0 Å². The fraction of sp³-hybridized carbons (Fsp3) is 0.350. The van der Waals surface area contributed by atoms with Gasteiger partial charge in [-0.15, -0.1) is 0 Å². The van der Waals surface area contributed by atoms with Crippen LogP contribution in [0, 0.1) is 5.92 Å². The van der Waals surface area contributed by atoms with E-state index in [2.05, 4.69) is 4.98 Å². The largest absolute Gasteiger partial charge is 0.504 e. The number of benzene rings is 1. The van der Waals surface area contributed by atoms with Gasteiger partial charge in [-0.2, -0.15) is 0 Å². The van der Waals surface area contributed by atoms with Gasteiger partial charge in [0, 0.05) is 25.4 Å². The molecule has 1 N–H and O–H groups in total. The van der Waals surface area contributed by atoms with E-state index in [1.54, 1.807) is 24.3 Å². The van der Waals surface area contributed by atoms with Crippen LogP contribution in [0.1, 0.15) is 36.1 Å². The molecule has 2 aliphatic rings. The Bertz CT molecular complexity index is 1080. The van der Waals surface area contributed by atoms with E-state index in [0.717, 1.165) is 18.9 Å². The number of halogens is 2. The second-order valence-electron chi connectivity index (χ2n) is 7.36. The second-order valence-corrected chi connectivity index (χ2v) is 10.1. The molecule has 2 aromatic rings. The highest BCUT2D eigenvalue weighted by molar-refractivity contribution is 8.00. The molecule has 1 aliphatic heterocycles. The van der Waals surface area contributed by atoms with Crippen LogP contribution in [0.25, 0.3) is 10.7 Å². The van der Waals surface area contributed by atoms with Crippen molar-refractivity contribution >= 4 is 49.4 Å². The number of sulfone groups is 1. The SMILES string of the molecule is CN(CCC1CC1)c1c(Cl)ccc(C2=C(O)c3ncccc3CS2(=O)=O)c1Cl. The van der Waals surface area contributed by atoms with Crippen molar-refractivity contribution in [3.63, 3.8) is 0 Å². The molecule has 1 saturated carbocycles. The molecule has 0 bridgehead atoms. The van der Waals surface area contributed by atoms with Crippen LogP contribution in [0.15, 0.2) is 30.5 Å². The highest BCUT2D eigenvalue weighted by atomic mass is 35.5. The third-order valence-corrected chi connectivity index (χ3v) is 7.66.